The fraction of sp³-hybridized carbons (Fsp3) is 0.625. The maximum absolute atomic E-state index is 12.7. The predicted molar refractivity (Wildman–Crippen MR) is 85.3 cm³/mol. The van der Waals surface area contributed by atoms with E-state index in [2.05, 4.69) is 44.8 Å². The first-order valence-corrected chi connectivity index (χ1v) is 7.42. The molecule has 0 saturated carbocycles. The summed E-state index contributed by atoms with van der Waals surface area (Å²) >= 11 is 0. The number of anilines is 1. The van der Waals surface area contributed by atoms with Gasteiger partial charge in [-0.2, -0.15) is 0 Å². The lowest BCUT2D eigenvalue weighted by molar-refractivity contribution is 0.0783. The smallest absolute Gasteiger partial charge is 0.254 e. The topological polar surface area (TPSA) is 62.5 Å². The number of nitrogens with two attached hydrogens (primary N) is 1. The molecule has 1 aliphatic heterocycles. The van der Waals surface area contributed by atoms with Gasteiger partial charge in [-0.1, -0.05) is 20.8 Å². The van der Waals surface area contributed by atoms with Crippen molar-refractivity contribution in [3.63, 3.8) is 0 Å². The number of rotatable bonds is 2. The number of likely N-dealkylation sites (N-methyl/N-ethyl adjacent to an activating group) is 1. The van der Waals surface area contributed by atoms with Crippen LogP contribution in [-0.4, -0.2) is 53.9 Å². The van der Waals surface area contributed by atoms with E-state index in [1.165, 1.54) is 0 Å². The van der Waals surface area contributed by atoms with Gasteiger partial charge in [-0.3, -0.25) is 4.79 Å². The lowest BCUT2D eigenvalue weighted by Crippen LogP contribution is -2.34. The number of nitrogen functional groups attached to an aromatic ring is 1. The molecule has 1 fully saturated rings. The van der Waals surface area contributed by atoms with Crippen LogP contribution in [0.2, 0.25) is 0 Å². The molecule has 21 heavy (non-hydrogen) atoms. The zero-order chi connectivity index (χ0) is 15.8. The summed E-state index contributed by atoms with van der Waals surface area (Å²) in [6.45, 7) is 7.79. The van der Waals surface area contributed by atoms with Crippen molar-refractivity contribution >= 4 is 11.7 Å². The van der Waals surface area contributed by atoms with E-state index >= 15 is 0 Å². The molecule has 0 spiro atoms. The van der Waals surface area contributed by atoms with Crippen LogP contribution in [-0.2, 0) is 5.41 Å². The van der Waals surface area contributed by atoms with Crippen molar-refractivity contribution in [2.24, 2.45) is 0 Å². The van der Waals surface area contributed by atoms with Gasteiger partial charge < -0.3 is 15.5 Å². The van der Waals surface area contributed by atoms with Crippen molar-refractivity contribution in [3.05, 3.63) is 23.4 Å². The second-order valence-electron chi connectivity index (χ2n) is 7.07. The molecule has 2 heterocycles. The number of pyridine rings is 1. The second-order valence-corrected chi connectivity index (χ2v) is 7.07. The third kappa shape index (κ3) is 3.53. The molecule has 5 heteroatoms. The molecule has 1 atom stereocenters. The van der Waals surface area contributed by atoms with E-state index in [0.717, 1.165) is 25.2 Å². The molecule has 1 aliphatic rings. The lowest BCUT2D eigenvalue weighted by atomic mass is 9.90. The Kier molecular flexibility index (Phi) is 4.23. The summed E-state index contributed by atoms with van der Waals surface area (Å²) in [6.07, 6.45) is 1.02. The molecule has 116 valence electrons. The highest BCUT2D eigenvalue weighted by Gasteiger charge is 2.29. The summed E-state index contributed by atoms with van der Waals surface area (Å²) in [4.78, 5) is 21.1. The van der Waals surface area contributed by atoms with Crippen molar-refractivity contribution in [2.45, 2.75) is 38.6 Å². The molecule has 5 nitrogen and oxygen atoms in total. The molecule has 1 amide bonds. The summed E-state index contributed by atoms with van der Waals surface area (Å²) in [7, 11) is 4.11. The van der Waals surface area contributed by atoms with Crippen molar-refractivity contribution < 1.29 is 4.79 Å². The van der Waals surface area contributed by atoms with Gasteiger partial charge in [-0.05, 0) is 32.6 Å². The number of amides is 1. The standard InChI is InChI=1S/C16H26N4O/c1-16(2,3)13-8-11(9-14(17)18-13)15(21)20-7-6-12(10-20)19(4)5/h8-9,12H,6-7,10H2,1-5H3,(H2,17,18). The summed E-state index contributed by atoms with van der Waals surface area (Å²) < 4.78 is 0. The number of aromatic nitrogens is 1. The summed E-state index contributed by atoms with van der Waals surface area (Å²) in [5.74, 6) is 0.466. The van der Waals surface area contributed by atoms with E-state index in [1.807, 2.05) is 11.0 Å². The minimum Gasteiger partial charge on any atom is -0.384 e. The van der Waals surface area contributed by atoms with Crippen LogP contribution in [0, 0.1) is 0 Å². The van der Waals surface area contributed by atoms with Gasteiger partial charge >= 0.3 is 0 Å². The highest BCUT2D eigenvalue weighted by molar-refractivity contribution is 5.95. The average Bonchev–Trinajstić information content (AvgIpc) is 2.85. The molecule has 0 aliphatic carbocycles. The Balaban J connectivity index is 2.22. The molecular formula is C16H26N4O. The van der Waals surface area contributed by atoms with Crippen LogP contribution < -0.4 is 5.73 Å². The van der Waals surface area contributed by atoms with Crippen molar-refractivity contribution in [3.8, 4) is 0 Å². The Morgan fingerprint density at radius 1 is 1.38 bits per heavy atom. The average molecular weight is 290 g/mol. The minimum absolute atomic E-state index is 0.0546. The Morgan fingerprint density at radius 3 is 2.57 bits per heavy atom. The van der Waals surface area contributed by atoms with Gasteiger partial charge in [-0.15, -0.1) is 0 Å². The summed E-state index contributed by atoms with van der Waals surface area (Å²) in [5.41, 5.74) is 7.26. The Hall–Kier alpha value is -1.62. The molecule has 0 bridgehead atoms. The van der Waals surface area contributed by atoms with Gasteiger partial charge in [0, 0.05) is 35.8 Å². The van der Waals surface area contributed by atoms with Crippen LogP contribution in [0.5, 0.6) is 0 Å². The van der Waals surface area contributed by atoms with E-state index in [4.69, 9.17) is 5.73 Å². The van der Waals surface area contributed by atoms with E-state index in [9.17, 15) is 4.79 Å². The van der Waals surface area contributed by atoms with Crippen LogP contribution in [0.4, 0.5) is 5.82 Å². The molecule has 1 saturated heterocycles. The SMILES string of the molecule is CN(C)C1CCN(C(=O)c2cc(N)nc(C(C)(C)C)c2)C1. The van der Waals surface area contributed by atoms with Crippen LogP contribution in [0.3, 0.4) is 0 Å². The maximum atomic E-state index is 12.7. The van der Waals surface area contributed by atoms with Crippen LogP contribution in [0.1, 0.15) is 43.2 Å². The molecule has 1 aromatic heterocycles. The molecule has 0 radical (unpaired) electrons. The predicted octanol–water partition coefficient (Wildman–Crippen LogP) is 1.74. The number of carbonyl (C=O) groups is 1. The number of hydrogen-bond acceptors (Lipinski definition) is 4. The molecular weight excluding hydrogens is 264 g/mol. The Bertz CT molecular complexity index is 534. The molecule has 0 aromatic carbocycles. The third-order valence-electron chi connectivity index (χ3n) is 4.04. The Labute approximate surface area is 127 Å². The largest absolute Gasteiger partial charge is 0.384 e. The van der Waals surface area contributed by atoms with Crippen LogP contribution in [0.25, 0.3) is 0 Å². The Morgan fingerprint density at radius 2 is 2.05 bits per heavy atom. The first-order valence-electron chi connectivity index (χ1n) is 7.42. The fourth-order valence-electron chi connectivity index (χ4n) is 2.59. The van der Waals surface area contributed by atoms with Gasteiger partial charge in [0.05, 0.1) is 0 Å². The van der Waals surface area contributed by atoms with Gasteiger partial charge in [-0.25, -0.2) is 4.98 Å². The lowest BCUT2D eigenvalue weighted by Gasteiger charge is -2.22. The first kappa shape index (κ1) is 15.8. The molecule has 1 aromatic rings. The molecule has 2 rings (SSSR count). The number of carbonyl (C=O) groups excluding carboxylic acids is 1. The van der Waals surface area contributed by atoms with Crippen LogP contribution in [0.15, 0.2) is 12.1 Å². The zero-order valence-electron chi connectivity index (χ0n) is 13.7. The first-order chi connectivity index (χ1) is 9.68. The van der Waals surface area contributed by atoms with E-state index in [0.29, 0.717) is 17.4 Å². The molecule has 1 unspecified atom stereocenters. The highest BCUT2D eigenvalue weighted by atomic mass is 16.2. The third-order valence-corrected chi connectivity index (χ3v) is 4.04. The zero-order valence-corrected chi connectivity index (χ0v) is 13.7. The quantitative estimate of drug-likeness (QED) is 0.901. The van der Waals surface area contributed by atoms with E-state index in [1.54, 1.807) is 6.07 Å². The van der Waals surface area contributed by atoms with E-state index < -0.39 is 0 Å². The van der Waals surface area contributed by atoms with Gasteiger partial charge in [0.2, 0.25) is 0 Å². The van der Waals surface area contributed by atoms with Crippen molar-refractivity contribution in [1.82, 2.24) is 14.8 Å². The fourth-order valence-corrected chi connectivity index (χ4v) is 2.59. The van der Waals surface area contributed by atoms with Crippen LogP contribution >= 0.6 is 0 Å². The summed E-state index contributed by atoms with van der Waals surface area (Å²) in [6, 6.07) is 4.00. The van der Waals surface area contributed by atoms with Crippen molar-refractivity contribution in [1.29, 1.82) is 0 Å². The highest BCUT2D eigenvalue weighted by Crippen LogP contribution is 2.24. The summed E-state index contributed by atoms with van der Waals surface area (Å²) in [5, 5.41) is 0. The monoisotopic (exact) mass is 290 g/mol. The number of hydrogen-bond donors (Lipinski definition) is 1. The van der Waals surface area contributed by atoms with Crippen molar-refractivity contribution in [2.75, 3.05) is 32.9 Å². The van der Waals surface area contributed by atoms with Gasteiger partial charge in [0.15, 0.2) is 0 Å². The molecule has 2 N–H and O–H groups in total. The normalized spacial score (nSPS) is 19.3. The minimum atomic E-state index is -0.123. The van der Waals surface area contributed by atoms with Gasteiger partial charge in [0.25, 0.3) is 5.91 Å². The number of likely N-dealkylation sites (tertiary alicyclic amines) is 1. The van der Waals surface area contributed by atoms with E-state index in [-0.39, 0.29) is 11.3 Å². The second kappa shape index (κ2) is 5.64. The van der Waals surface area contributed by atoms with Gasteiger partial charge in [0.1, 0.15) is 5.82 Å². The number of nitrogens with zero attached hydrogens (tertiary/aromatic N) is 3. The maximum Gasteiger partial charge on any atom is 0.254 e.